The standard InChI is InChI=1S/C21H24N4O/c1-23-11-5-9-19(23)20-10-6-12-25(20)21(26)13-18-14-22-16-24(18)15-17-7-3-2-4-8-17/h2-5,7-9,11,14,16,20H,6,10,12-13,15H2,1H3/t20-/m0/s1. The fourth-order valence-corrected chi connectivity index (χ4v) is 3.87. The monoisotopic (exact) mass is 348 g/mol. The lowest BCUT2D eigenvalue weighted by Crippen LogP contribution is -2.33. The third kappa shape index (κ3) is 3.29. The summed E-state index contributed by atoms with van der Waals surface area (Å²) in [7, 11) is 2.05. The average molecular weight is 348 g/mol. The highest BCUT2D eigenvalue weighted by Crippen LogP contribution is 2.32. The third-order valence-electron chi connectivity index (χ3n) is 5.23. The summed E-state index contributed by atoms with van der Waals surface area (Å²) < 4.78 is 4.19. The first-order chi connectivity index (χ1) is 12.7. The predicted octanol–water partition coefficient (Wildman–Crippen LogP) is 3.18. The molecule has 26 heavy (non-hydrogen) atoms. The molecule has 4 rings (SSSR count). The Bertz CT molecular complexity index is 880. The van der Waals surface area contributed by atoms with Gasteiger partial charge in [0.25, 0.3) is 0 Å². The van der Waals surface area contributed by atoms with Crippen molar-refractivity contribution in [3.05, 3.63) is 78.1 Å². The number of imidazole rings is 1. The lowest BCUT2D eigenvalue weighted by atomic mass is 10.1. The van der Waals surface area contributed by atoms with Gasteiger partial charge in [0.2, 0.25) is 5.91 Å². The molecule has 0 radical (unpaired) electrons. The first-order valence-corrected chi connectivity index (χ1v) is 9.16. The highest BCUT2D eigenvalue weighted by molar-refractivity contribution is 5.79. The minimum Gasteiger partial charge on any atom is -0.353 e. The van der Waals surface area contributed by atoms with Crippen molar-refractivity contribution in [1.82, 2.24) is 19.0 Å². The van der Waals surface area contributed by atoms with Gasteiger partial charge in [-0.1, -0.05) is 30.3 Å². The second-order valence-electron chi connectivity index (χ2n) is 6.96. The Balaban J connectivity index is 1.48. The van der Waals surface area contributed by atoms with E-state index in [1.165, 1.54) is 11.3 Å². The number of likely N-dealkylation sites (tertiary alicyclic amines) is 1. The molecule has 5 heteroatoms. The van der Waals surface area contributed by atoms with Gasteiger partial charge in [-0.25, -0.2) is 4.98 Å². The van der Waals surface area contributed by atoms with E-state index in [0.717, 1.165) is 31.6 Å². The van der Waals surface area contributed by atoms with Crippen LogP contribution in [0.3, 0.4) is 0 Å². The Labute approximate surface area is 153 Å². The van der Waals surface area contributed by atoms with E-state index in [1.54, 1.807) is 0 Å². The largest absolute Gasteiger partial charge is 0.353 e. The number of aromatic nitrogens is 3. The van der Waals surface area contributed by atoms with E-state index in [1.807, 2.05) is 54.9 Å². The van der Waals surface area contributed by atoms with Crippen LogP contribution in [0.15, 0.2) is 61.2 Å². The number of aryl methyl sites for hydroxylation is 1. The topological polar surface area (TPSA) is 43.1 Å². The zero-order valence-corrected chi connectivity index (χ0v) is 15.1. The Morgan fingerprint density at radius 3 is 2.81 bits per heavy atom. The highest BCUT2D eigenvalue weighted by atomic mass is 16.2. The Morgan fingerprint density at radius 2 is 2.04 bits per heavy atom. The molecule has 5 nitrogen and oxygen atoms in total. The summed E-state index contributed by atoms with van der Waals surface area (Å²) in [6.45, 7) is 1.58. The lowest BCUT2D eigenvalue weighted by Gasteiger charge is -2.25. The van der Waals surface area contributed by atoms with E-state index < -0.39 is 0 Å². The zero-order chi connectivity index (χ0) is 17.9. The number of carbonyl (C=O) groups is 1. The number of hydrogen-bond donors (Lipinski definition) is 0. The van der Waals surface area contributed by atoms with Crippen molar-refractivity contribution in [2.75, 3.05) is 6.54 Å². The molecule has 2 aromatic heterocycles. The number of hydrogen-bond acceptors (Lipinski definition) is 2. The first kappa shape index (κ1) is 16.6. The van der Waals surface area contributed by atoms with Crippen LogP contribution in [0.1, 0.15) is 35.8 Å². The Hall–Kier alpha value is -2.82. The molecule has 0 spiro atoms. The molecular weight excluding hydrogens is 324 g/mol. The molecule has 0 aliphatic carbocycles. The van der Waals surface area contributed by atoms with Gasteiger partial charge >= 0.3 is 0 Å². The second kappa shape index (κ2) is 7.20. The molecule has 1 saturated heterocycles. The van der Waals surface area contributed by atoms with E-state index in [4.69, 9.17) is 0 Å². The van der Waals surface area contributed by atoms with Gasteiger partial charge in [-0.05, 0) is 30.5 Å². The van der Waals surface area contributed by atoms with Crippen LogP contribution in [0.5, 0.6) is 0 Å². The third-order valence-corrected chi connectivity index (χ3v) is 5.23. The number of rotatable bonds is 5. The van der Waals surface area contributed by atoms with Crippen LogP contribution >= 0.6 is 0 Å². The number of benzene rings is 1. The van der Waals surface area contributed by atoms with E-state index in [2.05, 4.69) is 32.3 Å². The SMILES string of the molecule is Cn1cccc1[C@@H]1CCCN1C(=O)Cc1cncn1Cc1ccccc1. The van der Waals surface area contributed by atoms with Crippen molar-refractivity contribution in [3.8, 4) is 0 Å². The van der Waals surface area contributed by atoms with Gasteiger partial charge in [0.15, 0.2) is 0 Å². The van der Waals surface area contributed by atoms with Gasteiger partial charge in [-0.15, -0.1) is 0 Å². The molecule has 0 bridgehead atoms. The number of amides is 1. The molecule has 134 valence electrons. The molecule has 3 heterocycles. The molecule has 1 amide bonds. The Morgan fingerprint density at radius 1 is 1.19 bits per heavy atom. The van der Waals surface area contributed by atoms with Crippen molar-refractivity contribution < 1.29 is 4.79 Å². The van der Waals surface area contributed by atoms with Crippen LogP contribution in [0, 0.1) is 0 Å². The average Bonchev–Trinajstić information content (AvgIpc) is 3.37. The van der Waals surface area contributed by atoms with E-state index in [0.29, 0.717) is 6.42 Å². The van der Waals surface area contributed by atoms with Gasteiger partial charge in [0.05, 0.1) is 18.8 Å². The Kier molecular flexibility index (Phi) is 4.61. The van der Waals surface area contributed by atoms with Crippen LogP contribution in [0.4, 0.5) is 0 Å². The van der Waals surface area contributed by atoms with Crippen LogP contribution in [-0.4, -0.2) is 31.5 Å². The molecule has 0 saturated carbocycles. The smallest absolute Gasteiger partial charge is 0.229 e. The van der Waals surface area contributed by atoms with E-state index >= 15 is 0 Å². The van der Waals surface area contributed by atoms with Crippen LogP contribution < -0.4 is 0 Å². The minimum absolute atomic E-state index is 0.184. The normalized spacial score (nSPS) is 17.0. The van der Waals surface area contributed by atoms with Gasteiger partial charge in [0, 0.05) is 43.9 Å². The maximum Gasteiger partial charge on any atom is 0.229 e. The van der Waals surface area contributed by atoms with Crippen LogP contribution in [0.2, 0.25) is 0 Å². The van der Waals surface area contributed by atoms with Crippen molar-refractivity contribution in [1.29, 1.82) is 0 Å². The zero-order valence-electron chi connectivity index (χ0n) is 15.1. The molecule has 1 aliphatic rings. The lowest BCUT2D eigenvalue weighted by molar-refractivity contribution is -0.131. The van der Waals surface area contributed by atoms with Crippen molar-refractivity contribution in [2.45, 2.75) is 31.8 Å². The fourth-order valence-electron chi connectivity index (χ4n) is 3.87. The predicted molar refractivity (Wildman–Crippen MR) is 101 cm³/mol. The molecule has 1 fully saturated rings. The number of carbonyl (C=O) groups excluding carboxylic acids is 1. The fraction of sp³-hybridized carbons (Fsp3) is 0.333. The maximum absolute atomic E-state index is 13.0. The second-order valence-corrected chi connectivity index (χ2v) is 6.96. The maximum atomic E-state index is 13.0. The molecular formula is C21H24N4O. The highest BCUT2D eigenvalue weighted by Gasteiger charge is 2.31. The summed E-state index contributed by atoms with van der Waals surface area (Å²) in [6, 6.07) is 14.6. The molecule has 0 N–H and O–H groups in total. The van der Waals surface area contributed by atoms with Crippen molar-refractivity contribution >= 4 is 5.91 Å². The summed E-state index contributed by atoms with van der Waals surface area (Å²) in [5, 5.41) is 0. The molecule has 3 aromatic rings. The first-order valence-electron chi connectivity index (χ1n) is 9.16. The molecule has 1 atom stereocenters. The van der Waals surface area contributed by atoms with Crippen molar-refractivity contribution in [2.24, 2.45) is 7.05 Å². The molecule has 0 unspecified atom stereocenters. The summed E-state index contributed by atoms with van der Waals surface area (Å²) in [5.74, 6) is 0.184. The van der Waals surface area contributed by atoms with Gasteiger partial charge in [0.1, 0.15) is 0 Å². The van der Waals surface area contributed by atoms with Crippen molar-refractivity contribution in [3.63, 3.8) is 0 Å². The summed E-state index contributed by atoms with van der Waals surface area (Å²) in [4.78, 5) is 19.3. The van der Waals surface area contributed by atoms with Gasteiger partial charge < -0.3 is 14.0 Å². The van der Waals surface area contributed by atoms with Gasteiger partial charge in [-0.2, -0.15) is 0 Å². The quantitative estimate of drug-likeness (QED) is 0.711. The number of nitrogens with zero attached hydrogens (tertiary/aromatic N) is 4. The van der Waals surface area contributed by atoms with E-state index in [9.17, 15) is 4.79 Å². The van der Waals surface area contributed by atoms with E-state index in [-0.39, 0.29) is 11.9 Å². The van der Waals surface area contributed by atoms with Crippen LogP contribution in [0.25, 0.3) is 0 Å². The van der Waals surface area contributed by atoms with Crippen LogP contribution in [-0.2, 0) is 24.8 Å². The summed E-state index contributed by atoms with van der Waals surface area (Å²) in [5.41, 5.74) is 3.40. The van der Waals surface area contributed by atoms with Gasteiger partial charge in [-0.3, -0.25) is 4.79 Å². The summed E-state index contributed by atoms with van der Waals surface area (Å²) in [6.07, 6.45) is 8.17. The molecule has 1 aromatic carbocycles. The minimum atomic E-state index is 0.184. The molecule has 1 aliphatic heterocycles. The summed E-state index contributed by atoms with van der Waals surface area (Å²) >= 11 is 0.